The molecule has 0 saturated carbocycles. The van der Waals surface area contributed by atoms with Crippen LogP contribution in [-0.2, 0) is 6.42 Å². The second-order valence-corrected chi connectivity index (χ2v) is 9.62. The van der Waals surface area contributed by atoms with Crippen LogP contribution in [-0.4, -0.2) is 56.7 Å². The molecule has 0 bridgehead atoms. The van der Waals surface area contributed by atoms with Crippen molar-refractivity contribution in [2.75, 3.05) is 31.1 Å². The van der Waals surface area contributed by atoms with Gasteiger partial charge in [-0.15, -0.1) is 0 Å². The van der Waals surface area contributed by atoms with Crippen molar-refractivity contribution in [3.8, 4) is 5.69 Å². The number of hydrogen-bond donors (Lipinski definition) is 0. The normalized spacial score (nSPS) is 14.3. The molecule has 0 spiro atoms. The van der Waals surface area contributed by atoms with Gasteiger partial charge in [0.1, 0.15) is 11.6 Å². The summed E-state index contributed by atoms with van der Waals surface area (Å²) >= 11 is 6.31. The van der Waals surface area contributed by atoms with E-state index in [2.05, 4.69) is 11.8 Å². The number of carbonyl (C=O) groups excluding carboxylic acids is 1. The summed E-state index contributed by atoms with van der Waals surface area (Å²) in [5, 5.41) is 6.33. The van der Waals surface area contributed by atoms with Crippen LogP contribution in [0.25, 0.3) is 16.7 Å². The van der Waals surface area contributed by atoms with Crippen LogP contribution in [0.15, 0.2) is 54.6 Å². The lowest BCUT2D eigenvalue weighted by Crippen LogP contribution is -2.35. The van der Waals surface area contributed by atoms with E-state index in [0.29, 0.717) is 30.2 Å². The van der Waals surface area contributed by atoms with Crippen molar-refractivity contribution in [3.63, 3.8) is 0 Å². The van der Waals surface area contributed by atoms with Crippen LogP contribution < -0.4 is 4.90 Å². The van der Waals surface area contributed by atoms with Crippen LogP contribution in [0.4, 0.5) is 5.82 Å². The van der Waals surface area contributed by atoms with Gasteiger partial charge in [-0.2, -0.15) is 5.10 Å². The van der Waals surface area contributed by atoms with Gasteiger partial charge in [0.2, 0.25) is 0 Å². The van der Waals surface area contributed by atoms with Gasteiger partial charge in [0.25, 0.3) is 5.91 Å². The molecular weight excluding hydrogens is 472 g/mol. The zero-order valence-electron chi connectivity index (χ0n) is 20.8. The molecule has 2 aromatic heterocycles. The van der Waals surface area contributed by atoms with Gasteiger partial charge < -0.3 is 9.80 Å². The Hall–Kier alpha value is -3.45. The molecule has 0 N–H and O–H groups in total. The summed E-state index contributed by atoms with van der Waals surface area (Å²) < 4.78 is 1.93. The Balaban J connectivity index is 1.50. The molecule has 1 saturated heterocycles. The van der Waals surface area contributed by atoms with E-state index >= 15 is 0 Å². The number of rotatable bonds is 6. The van der Waals surface area contributed by atoms with E-state index in [9.17, 15) is 4.79 Å². The number of para-hydroxylation sites is 1. The fourth-order valence-corrected chi connectivity index (χ4v) is 4.98. The van der Waals surface area contributed by atoms with Crippen molar-refractivity contribution < 1.29 is 4.79 Å². The SMILES string of the molecule is CCCCc1nc(N2CCCN(C(=O)c3ccccc3Cl)CC2)c2c(C)nn(-c3ccccc3)c2n1. The fourth-order valence-electron chi connectivity index (χ4n) is 4.77. The maximum absolute atomic E-state index is 13.2. The van der Waals surface area contributed by atoms with Gasteiger partial charge in [-0.25, -0.2) is 14.6 Å². The maximum atomic E-state index is 13.2. The van der Waals surface area contributed by atoms with Gasteiger partial charge in [0.05, 0.1) is 27.4 Å². The molecule has 1 fully saturated rings. The Morgan fingerprint density at radius 3 is 2.53 bits per heavy atom. The third kappa shape index (κ3) is 4.80. The van der Waals surface area contributed by atoms with Crippen LogP contribution in [0.3, 0.4) is 0 Å². The first-order valence-corrected chi connectivity index (χ1v) is 13.0. The van der Waals surface area contributed by atoms with Crippen LogP contribution in [0.2, 0.25) is 5.02 Å². The molecule has 2 aromatic carbocycles. The molecule has 7 nitrogen and oxygen atoms in total. The van der Waals surface area contributed by atoms with E-state index < -0.39 is 0 Å². The predicted molar refractivity (Wildman–Crippen MR) is 144 cm³/mol. The van der Waals surface area contributed by atoms with E-state index in [1.165, 1.54) is 0 Å². The lowest BCUT2D eigenvalue weighted by molar-refractivity contribution is 0.0767. The summed E-state index contributed by atoms with van der Waals surface area (Å²) in [6.45, 7) is 6.97. The first kappa shape index (κ1) is 24.3. The first-order valence-electron chi connectivity index (χ1n) is 12.7. The zero-order valence-corrected chi connectivity index (χ0v) is 21.6. The molecule has 1 aliphatic rings. The van der Waals surface area contributed by atoms with E-state index in [0.717, 1.165) is 66.3 Å². The van der Waals surface area contributed by atoms with Gasteiger partial charge in [-0.3, -0.25) is 4.79 Å². The third-order valence-corrected chi connectivity index (χ3v) is 7.00. The molecular formula is C28H31ClN6O. The topological polar surface area (TPSA) is 67.2 Å². The van der Waals surface area contributed by atoms with E-state index in [-0.39, 0.29) is 5.91 Å². The van der Waals surface area contributed by atoms with Gasteiger partial charge >= 0.3 is 0 Å². The highest BCUT2D eigenvalue weighted by Gasteiger charge is 2.26. The molecule has 0 unspecified atom stereocenters. The first-order chi connectivity index (χ1) is 17.6. The quantitative estimate of drug-likeness (QED) is 0.349. The molecule has 3 heterocycles. The minimum absolute atomic E-state index is 0.0213. The summed E-state index contributed by atoms with van der Waals surface area (Å²) in [7, 11) is 0. The molecule has 1 aliphatic heterocycles. The summed E-state index contributed by atoms with van der Waals surface area (Å²) in [6, 6.07) is 17.4. The third-order valence-electron chi connectivity index (χ3n) is 6.67. The van der Waals surface area contributed by atoms with Gasteiger partial charge in [-0.1, -0.05) is 55.3 Å². The minimum atomic E-state index is -0.0213. The summed E-state index contributed by atoms with van der Waals surface area (Å²) in [4.78, 5) is 27.4. The maximum Gasteiger partial charge on any atom is 0.255 e. The number of amides is 1. The number of fused-ring (bicyclic) bond motifs is 1. The van der Waals surface area contributed by atoms with Crippen molar-refractivity contribution in [2.45, 2.75) is 39.5 Å². The van der Waals surface area contributed by atoms with Crippen LogP contribution in [0.1, 0.15) is 48.1 Å². The summed E-state index contributed by atoms with van der Waals surface area (Å²) in [5.74, 6) is 1.73. The molecule has 186 valence electrons. The van der Waals surface area contributed by atoms with Crippen LogP contribution in [0.5, 0.6) is 0 Å². The van der Waals surface area contributed by atoms with Crippen molar-refractivity contribution in [1.82, 2.24) is 24.6 Å². The molecule has 1 amide bonds. The monoisotopic (exact) mass is 502 g/mol. The lowest BCUT2D eigenvalue weighted by atomic mass is 10.2. The van der Waals surface area contributed by atoms with Crippen molar-refractivity contribution in [1.29, 1.82) is 0 Å². The highest BCUT2D eigenvalue weighted by Crippen LogP contribution is 2.30. The molecule has 0 radical (unpaired) electrons. The van der Waals surface area contributed by atoms with Crippen LogP contribution >= 0.6 is 11.6 Å². The fraction of sp³-hybridized carbons (Fsp3) is 0.357. The molecule has 36 heavy (non-hydrogen) atoms. The minimum Gasteiger partial charge on any atom is -0.354 e. The molecule has 8 heteroatoms. The number of benzene rings is 2. The lowest BCUT2D eigenvalue weighted by Gasteiger charge is -2.24. The van der Waals surface area contributed by atoms with Gasteiger partial charge in [0, 0.05) is 32.6 Å². The van der Waals surface area contributed by atoms with E-state index in [4.69, 9.17) is 26.7 Å². The molecule has 0 aliphatic carbocycles. The highest BCUT2D eigenvalue weighted by molar-refractivity contribution is 6.33. The number of aromatic nitrogens is 4. The van der Waals surface area contributed by atoms with Crippen molar-refractivity contribution in [2.24, 2.45) is 0 Å². The molecule has 4 aromatic rings. The second kappa shape index (κ2) is 10.7. The standard InChI is InChI=1S/C28H31ClN6O/c1-3-4-15-24-30-26(25-20(2)32-35(27(25)31-24)21-11-6-5-7-12-21)33-16-10-17-34(19-18-33)28(36)22-13-8-9-14-23(22)29/h5-9,11-14H,3-4,10,15-19H2,1-2H3. The number of halogens is 1. The number of aryl methyl sites for hydroxylation is 2. The van der Waals surface area contributed by atoms with E-state index in [1.54, 1.807) is 12.1 Å². The van der Waals surface area contributed by atoms with Crippen LogP contribution in [0, 0.1) is 6.92 Å². The Morgan fingerprint density at radius 2 is 1.75 bits per heavy atom. The zero-order chi connectivity index (χ0) is 25.1. The number of anilines is 1. The molecule has 5 rings (SSSR count). The Kier molecular flexibility index (Phi) is 7.18. The van der Waals surface area contributed by atoms with Crippen molar-refractivity contribution in [3.05, 3.63) is 76.7 Å². The number of hydrogen-bond acceptors (Lipinski definition) is 5. The second-order valence-electron chi connectivity index (χ2n) is 9.21. The van der Waals surface area contributed by atoms with Gasteiger partial charge in [-0.05, 0) is 44.0 Å². The van der Waals surface area contributed by atoms with E-state index in [1.807, 2.05) is 59.0 Å². The number of nitrogens with zero attached hydrogens (tertiary/aromatic N) is 6. The smallest absolute Gasteiger partial charge is 0.255 e. The summed E-state index contributed by atoms with van der Waals surface area (Å²) in [6.07, 6.45) is 3.78. The predicted octanol–water partition coefficient (Wildman–Crippen LogP) is 5.47. The number of carbonyl (C=O) groups is 1. The summed E-state index contributed by atoms with van der Waals surface area (Å²) in [5.41, 5.74) is 3.27. The number of unbranched alkanes of at least 4 members (excludes halogenated alkanes) is 1. The average molecular weight is 503 g/mol. The molecule has 0 atom stereocenters. The Labute approximate surface area is 216 Å². The largest absolute Gasteiger partial charge is 0.354 e. The highest BCUT2D eigenvalue weighted by atomic mass is 35.5. The Morgan fingerprint density at radius 1 is 0.972 bits per heavy atom. The van der Waals surface area contributed by atoms with Crippen molar-refractivity contribution >= 4 is 34.4 Å². The van der Waals surface area contributed by atoms with Gasteiger partial charge in [0.15, 0.2) is 5.65 Å². The Bertz CT molecular complexity index is 1370. The average Bonchev–Trinajstić information content (AvgIpc) is 3.07.